The predicted octanol–water partition coefficient (Wildman–Crippen LogP) is 7.22. The van der Waals surface area contributed by atoms with Gasteiger partial charge < -0.3 is 9.64 Å². The number of aryl methyl sites for hydroxylation is 2. The number of anilines is 2. The van der Waals surface area contributed by atoms with Gasteiger partial charge in [-0.2, -0.15) is 0 Å². The van der Waals surface area contributed by atoms with Crippen molar-refractivity contribution in [1.82, 2.24) is 0 Å². The van der Waals surface area contributed by atoms with Crippen LogP contribution in [0.25, 0.3) is 0 Å². The fourth-order valence-corrected chi connectivity index (χ4v) is 5.08. The lowest BCUT2D eigenvalue weighted by Crippen LogP contribution is -2.56. The largest absolute Gasteiger partial charge is 0.449 e. The lowest BCUT2D eigenvalue weighted by Gasteiger charge is -2.50. The molecule has 1 atom stereocenters. The summed E-state index contributed by atoms with van der Waals surface area (Å²) in [5, 5.41) is 0.707. The van der Waals surface area contributed by atoms with Gasteiger partial charge in [-0.15, -0.1) is 0 Å². The van der Waals surface area contributed by atoms with Gasteiger partial charge in [0, 0.05) is 16.0 Å². The molecule has 0 fully saturated rings. The van der Waals surface area contributed by atoms with E-state index < -0.39 is 0 Å². The maximum absolute atomic E-state index is 12.9. The lowest BCUT2D eigenvalue weighted by atomic mass is 9.88. The molecule has 1 aliphatic heterocycles. The molecule has 1 unspecified atom stereocenters. The van der Waals surface area contributed by atoms with Crippen LogP contribution in [0.4, 0.5) is 16.2 Å². The van der Waals surface area contributed by atoms with Crippen molar-refractivity contribution >= 4 is 45.0 Å². The molecule has 1 amide bonds. The number of hydrogen-bond donors (Lipinski definition) is 0. The summed E-state index contributed by atoms with van der Waals surface area (Å²) in [5.74, 6) is 0. The smallest absolute Gasteiger partial charge is 0.414 e. The third-order valence-electron chi connectivity index (χ3n) is 6.10. The molecule has 1 heterocycles. The van der Waals surface area contributed by atoms with E-state index in [1.165, 1.54) is 5.56 Å². The summed E-state index contributed by atoms with van der Waals surface area (Å²) in [5.41, 5.74) is 5.04. The maximum Gasteiger partial charge on any atom is 0.414 e. The molecule has 2 aromatic carbocycles. The first-order chi connectivity index (χ1) is 14.1. The topological polar surface area (TPSA) is 32.8 Å². The minimum absolute atomic E-state index is 0.0101. The molecule has 0 aliphatic carbocycles. The van der Waals surface area contributed by atoms with Crippen molar-refractivity contribution in [3.8, 4) is 0 Å². The molecule has 0 N–H and O–H groups in total. The summed E-state index contributed by atoms with van der Waals surface area (Å²) >= 11 is 10.1. The van der Waals surface area contributed by atoms with Crippen LogP contribution in [0.1, 0.15) is 50.8 Å². The Morgan fingerprint density at radius 3 is 2.40 bits per heavy atom. The summed E-state index contributed by atoms with van der Waals surface area (Å²) in [6.45, 7) is 13.6. The minimum atomic E-state index is -0.353. The number of amides is 1. The normalized spacial score (nSPS) is 16.5. The second-order valence-electron chi connectivity index (χ2n) is 8.35. The van der Waals surface area contributed by atoms with Crippen LogP contribution in [0, 0.1) is 13.8 Å². The summed E-state index contributed by atoms with van der Waals surface area (Å²) in [4.78, 5) is 17.1. The van der Waals surface area contributed by atoms with Gasteiger partial charge in [-0.1, -0.05) is 34.5 Å². The number of benzene rings is 2. The van der Waals surface area contributed by atoms with Crippen LogP contribution in [0.5, 0.6) is 0 Å². The first kappa shape index (κ1) is 23.0. The molecule has 4 nitrogen and oxygen atoms in total. The van der Waals surface area contributed by atoms with Crippen LogP contribution in [0.2, 0.25) is 5.02 Å². The van der Waals surface area contributed by atoms with E-state index in [-0.39, 0.29) is 17.7 Å². The molecular formula is C24H30BrClN2O2. The van der Waals surface area contributed by atoms with Gasteiger partial charge >= 0.3 is 6.09 Å². The fourth-order valence-electron chi connectivity index (χ4n) is 4.18. The molecule has 2 aromatic rings. The molecule has 0 bridgehead atoms. The maximum atomic E-state index is 12.9. The standard InChI is InChI=1S/C24H30BrClN2O2/c1-7-18-14-27(24(5,6)19-13-17(26)9-10-20(19)25)21-11-15(3)16(4)12-22(21)28(18)23(29)30-8-2/h9-13,18H,7-8,14H2,1-6H3. The number of halogens is 2. The molecule has 0 spiro atoms. The molecule has 0 aromatic heterocycles. The predicted molar refractivity (Wildman–Crippen MR) is 129 cm³/mol. The molecule has 6 heteroatoms. The molecule has 30 heavy (non-hydrogen) atoms. The van der Waals surface area contributed by atoms with Crippen molar-refractivity contribution in [2.45, 2.75) is 59.5 Å². The summed E-state index contributed by atoms with van der Waals surface area (Å²) in [7, 11) is 0. The minimum Gasteiger partial charge on any atom is -0.449 e. The van der Waals surface area contributed by atoms with Gasteiger partial charge in [-0.25, -0.2) is 4.79 Å². The van der Waals surface area contributed by atoms with E-state index in [9.17, 15) is 4.79 Å². The monoisotopic (exact) mass is 492 g/mol. The number of carbonyl (C=O) groups excluding carboxylic acids is 1. The highest BCUT2D eigenvalue weighted by atomic mass is 79.9. The van der Waals surface area contributed by atoms with E-state index in [1.807, 2.05) is 30.0 Å². The van der Waals surface area contributed by atoms with Gasteiger partial charge in [-0.05, 0) is 88.1 Å². The Labute approximate surface area is 193 Å². The highest BCUT2D eigenvalue weighted by Crippen LogP contribution is 2.46. The lowest BCUT2D eigenvalue weighted by molar-refractivity contribution is 0.156. The van der Waals surface area contributed by atoms with Crippen molar-refractivity contribution in [3.63, 3.8) is 0 Å². The SMILES string of the molecule is CCOC(=O)N1c2cc(C)c(C)cc2N(C(C)(C)c2cc(Cl)ccc2Br)CC1CC. The van der Waals surface area contributed by atoms with Crippen LogP contribution in [0.3, 0.4) is 0 Å². The third kappa shape index (κ3) is 4.06. The molecule has 0 saturated carbocycles. The van der Waals surface area contributed by atoms with Gasteiger partial charge in [0.25, 0.3) is 0 Å². The quantitative estimate of drug-likeness (QED) is 0.451. The Hall–Kier alpha value is -1.72. The zero-order valence-electron chi connectivity index (χ0n) is 18.6. The summed E-state index contributed by atoms with van der Waals surface area (Å²) in [6.07, 6.45) is 0.546. The Morgan fingerprint density at radius 1 is 1.17 bits per heavy atom. The summed E-state index contributed by atoms with van der Waals surface area (Å²) < 4.78 is 6.44. The van der Waals surface area contributed by atoms with Gasteiger partial charge in [0.05, 0.1) is 29.6 Å². The number of nitrogens with zero attached hydrogens (tertiary/aromatic N) is 2. The van der Waals surface area contributed by atoms with Crippen LogP contribution in [-0.4, -0.2) is 25.3 Å². The van der Waals surface area contributed by atoms with Gasteiger partial charge in [-0.3, -0.25) is 4.90 Å². The Morgan fingerprint density at radius 2 is 1.80 bits per heavy atom. The van der Waals surface area contributed by atoms with Gasteiger partial charge in [0.15, 0.2) is 0 Å². The van der Waals surface area contributed by atoms with E-state index in [1.54, 1.807) is 0 Å². The average molecular weight is 494 g/mol. The van der Waals surface area contributed by atoms with Crippen molar-refractivity contribution < 1.29 is 9.53 Å². The van der Waals surface area contributed by atoms with Crippen LogP contribution in [-0.2, 0) is 10.3 Å². The number of carbonyl (C=O) groups is 1. The Kier molecular flexibility index (Phi) is 6.73. The van der Waals surface area contributed by atoms with Gasteiger partial charge in [0.2, 0.25) is 0 Å². The molecule has 0 saturated heterocycles. The number of rotatable bonds is 4. The number of hydrogen-bond acceptors (Lipinski definition) is 3. The highest BCUT2D eigenvalue weighted by molar-refractivity contribution is 9.10. The van der Waals surface area contributed by atoms with Crippen LogP contribution < -0.4 is 9.80 Å². The second-order valence-corrected chi connectivity index (χ2v) is 9.64. The zero-order chi connectivity index (χ0) is 22.2. The summed E-state index contributed by atoms with van der Waals surface area (Å²) in [6, 6.07) is 10.2. The second kappa shape index (κ2) is 8.80. The molecule has 1 aliphatic rings. The van der Waals surface area contributed by atoms with Crippen LogP contribution in [0.15, 0.2) is 34.8 Å². The van der Waals surface area contributed by atoms with Gasteiger partial charge in [0.1, 0.15) is 0 Å². The van der Waals surface area contributed by atoms with E-state index in [0.29, 0.717) is 18.2 Å². The van der Waals surface area contributed by atoms with E-state index in [2.05, 4.69) is 67.6 Å². The Balaban J connectivity index is 2.21. The van der Waals surface area contributed by atoms with E-state index in [0.717, 1.165) is 33.4 Å². The zero-order valence-corrected chi connectivity index (χ0v) is 20.9. The van der Waals surface area contributed by atoms with Crippen LogP contribution >= 0.6 is 27.5 Å². The van der Waals surface area contributed by atoms with Crippen molar-refractivity contribution in [2.24, 2.45) is 0 Å². The number of fused-ring (bicyclic) bond motifs is 1. The molecule has 162 valence electrons. The van der Waals surface area contributed by atoms with Crippen molar-refractivity contribution in [3.05, 3.63) is 56.5 Å². The fraction of sp³-hybridized carbons (Fsp3) is 0.458. The van der Waals surface area contributed by atoms with E-state index in [4.69, 9.17) is 16.3 Å². The Bertz CT molecular complexity index is 960. The van der Waals surface area contributed by atoms with Crippen molar-refractivity contribution in [1.29, 1.82) is 0 Å². The van der Waals surface area contributed by atoms with E-state index >= 15 is 0 Å². The molecule has 3 rings (SSSR count). The third-order valence-corrected chi connectivity index (χ3v) is 7.02. The number of ether oxygens (including phenoxy) is 1. The molecular weight excluding hydrogens is 464 g/mol. The first-order valence-electron chi connectivity index (χ1n) is 10.4. The van der Waals surface area contributed by atoms with Crippen molar-refractivity contribution in [2.75, 3.05) is 23.0 Å². The molecule has 0 radical (unpaired) electrons. The highest BCUT2D eigenvalue weighted by Gasteiger charge is 2.41. The first-order valence-corrected chi connectivity index (χ1v) is 11.6. The average Bonchev–Trinajstić information content (AvgIpc) is 2.69.